The van der Waals surface area contributed by atoms with Crippen molar-refractivity contribution in [1.82, 2.24) is 14.8 Å². The standard InChI is InChI=1S/C25H23ClN4O3/c1-15-7-9-20(10-8-15)27-23(31)14-29-24(32)22(28-25(29)33)12-18-11-16(2)30(17(18)3)21-6-4-5-19(26)13-21/h4-13H,14H2,1-3H3,(H,27,31)(H,28,33)/b22-12+. The Kier molecular flexibility index (Phi) is 6.07. The molecule has 0 radical (unpaired) electrons. The molecule has 0 aliphatic carbocycles. The molecule has 8 heteroatoms. The molecule has 7 nitrogen and oxygen atoms in total. The van der Waals surface area contributed by atoms with Crippen LogP contribution in [0.2, 0.25) is 5.02 Å². The van der Waals surface area contributed by atoms with Crippen LogP contribution in [0.15, 0.2) is 60.3 Å². The molecule has 3 aromatic rings. The Bertz CT molecular complexity index is 1290. The topological polar surface area (TPSA) is 83.4 Å². The van der Waals surface area contributed by atoms with Gasteiger partial charge in [0.15, 0.2) is 0 Å². The molecule has 2 aromatic carbocycles. The third-order valence-electron chi connectivity index (χ3n) is 5.44. The van der Waals surface area contributed by atoms with Crippen molar-refractivity contribution in [2.75, 3.05) is 11.9 Å². The van der Waals surface area contributed by atoms with Gasteiger partial charge in [0.2, 0.25) is 5.91 Å². The predicted octanol–water partition coefficient (Wildman–Crippen LogP) is 4.59. The number of anilines is 1. The van der Waals surface area contributed by atoms with Gasteiger partial charge < -0.3 is 15.2 Å². The molecular formula is C25H23ClN4O3. The maximum atomic E-state index is 12.8. The zero-order chi connectivity index (χ0) is 23.7. The van der Waals surface area contributed by atoms with Gasteiger partial charge in [0, 0.05) is 27.8 Å². The highest BCUT2D eigenvalue weighted by atomic mass is 35.5. The summed E-state index contributed by atoms with van der Waals surface area (Å²) in [7, 11) is 0. The summed E-state index contributed by atoms with van der Waals surface area (Å²) >= 11 is 6.14. The molecule has 2 N–H and O–H groups in total. The lowest BCUT2D eigenvalue weighted by Gasteiger charge is -2.12. The lowest BCUT2D eigenvalue weighted by Crippen LogP contribution is -2.38. The number of nitrogens with one attached hydrogen (secondary N) is 2. The lowest BCUT2D eigenvalue weighted by atomic mass is 10.2. The lowest BCUT2D eigenvalue weighted by molar-refractivity contribution is -0.127. The Morgan fingerprint density at radius 3 is 2.48 bits per heavy atom. The van der Waals surface area contributed by atoms with Crippen molar-refractivity contribution < 1.29 is 14.4 Å². The number of hydrogen-bond acceptors (Lipinski definition) is 3. The van der Waals surface area contributed by atoms with Gasteiger partial charge in [0.1, 0.15) is 12.2 Å². The van der Waals surface area contributed by atoms with Crippen molar-refractivity contribution in [2.24, 2.45) is 0 Å². The van der Waals surface area contributed by atoms with E-state index < -0.39 is 17.8 Å². The van der Waals surface area contributed by atoms with Crippen LogP contribution in [0.4, 0.5) is 10.5 Å². The van der Waals surface area contributed by atoms with Crippen LogP contribution in [0.25, 0.3) is 11.8 Å². The number of halogens is 1. The van der Waals surface area contributed by atoms with Crippen LogP contribution in [0, 0.1) is 20.8 Å². The van der Waals surface area contributed by atoms with Gasteiger partial charge in [-0.05, 0) is 68.8 Å². The van der Waals surface area contributed by atoms with Crippen LogP contribution in [0.3, 0.4) is 0 Å². The van der Waals surface area contributed by atoms with E-state index in [1.807, 2.05) is 61.7 Å². The maximum absolute atomic E-state index is 12.8. The van der Waals surface area contributed by atoms with E-state index in [1.54, 1.807) is 24.3 Å². The van der Waals surface area contributed by atoms with Gasteiger partial charge >= 0.3 is 6.03 Å². The van der Waals surface area contributed by atoms with Gasteiger partial charge in [-0.2, -0.15) is 0 Å². The number of aryl methyl sites for hydroxylation is 2. The predicted molar refractivity (Wildman–Crippen MR) is 128 cm³/mol. The second-order valence-electron chi connectivity index (χ2n) is 7.94. The molecule has 168 valence electrons. The van der Waals surface area contributed by atoms with Gasteiger partial charge in [0.25, 0.3) is 5.91 Å². The summed E-state index contributed by atoms with van der Waals surface area (Å²) in [4.78, 5) is 38.5. The quantitative estimate of drug-likeness (QED) is 0.429. The Morgan fingerprint density at radius 1 is 1.06 bits per heavy atom. The van der Waals surface area contributed by atoms with Gasteiger partial charge in [-0.25, -0.2) is 9.69 Å². The van der Waals surface area contributed by atoms with E-state index in [0.29, 0.717) is 10.7 Å². The van der Waals surface area contributed by atoms with Crippen molar-refractivity contribution >= 4 is 41.2 Å². The average Bonchev–Trinajstić information content (AvgIpc) is 3.19. The number of nitrogens with zero attached hydrogens (tertiary/aromatic N) is 2. The number of carbonyl (C=O) groups excluding carboxylic acids is 3. The molecule has 2 heterocycles. The highest BCUT2D eigenvalue weighted by Gasteiger charge is 2.35. The normalized spacial score (nSPS) is 14.7. The number of amides is 4. The van der Waals surface area contributed by atoms with Crippen LogP contribution in [-0.2, 0) is 9.59 Å². The largest absolute Gasteiger partial charge is 0.329 e. The van der Waals surface area contributed by atoms with Crippen molar-refractivity contribution in [2.45, 2.75) is 20.8 Å². The van der Waals surface area contributed by atoms with Crippen LogP contribution in [0.1, 0.15) is 22.5 Å². The number of rotatable bonds is 5. The first kappa shape index (κ1) is 22.4. The number of hydrogen-bond donors (Lipinski definition) is 2. The first-order valence-electron chi connectivity index (χ1n) is 10.4. The van der Waals surface area contributed by atoms with Gasteiger partial charge in [-0.3, -0.25) is 9.59 Å². The molecule has 33 heavy (non-hydrogen) atoms. The molecule has 4 amide bonds. The van der Waals surface area contributed by atoms with Crippen LogP contribution >= 0.6 is 11.6 Å². The average molecular weight is 463 g/mol. The van der Waals surface area contributed by atoms with E-state index in [4.69, 9.17) is 11.6 Å². The number of urea groups is 1. The zero-order valence-electron chi connectivity index (χ0n) is 18.5. The number of aromatic nitrogens is 1. The molecule has 0 spiro atoms. The van der Waals surface area contributed by atoms with Crippen molar-refractivity contribution in [3.8, 4) is 5.69 Å². The molecule has 1 aliphatic heterocycles. The summed E-state index contributed by atoms with van der Waals surface area (Å²) in [5, 5.41) is 5.89. The molecule has 1 aromatic heterocycles. The summed E-state index contributed by atoms with van der Waals surface area (Å²) in [6.45, 7) is 5.44. The van der Waals surface area contributed by atoms with Crippen molar-refractivity contribution in [1.29, 1.82) is 0 Å². The molecule has 0 saturated carbocycles. The van der Waals surface area contributed by atoms with Crippen LogP contribution in [-0.4, -0.2) is 33.9 Å². The first-order chi connectivity index (χ1) is 15.7. The fourth-order valence-corrected chi connectivity index (χ4v) is 3.98. The minimum absolute atomic E-state index is 0.120. The fraction of sp³-hybridized carbons (Fsp3) is 0.160. The van der Waals surface area contributed by atoms with Gasteiger partial charge in [-0.1, -0.05) is 35.4 Å². The third-order valence-corrected chi connectivity index (χ3v) is 5.67. The summed E-state index contributed by atoms with van der Waals surface area (Å²) in [6.07, 6.45) is 1.63. The van der Waals surface area contributed by atoms with Crippen LogP contribution < -0.4 is 10.6 Å². The first-order valence-corrected chi connectivity index (χ1v) is 10.8. The highest BCUT2D eigenvalue weighted by molar-refractivity contribution is 6.30. The van der Waals surface area contributed by atoms with Gasteiger partial charge in [0.05, 0.1) is 0 Å². The fourth-order valence-electron chi connectivity index (χ4n) is 3.80. The molecule has 0 atom stereocenters. The number of benzene rings is 2. The summed E-state index contributed by atoms with van der Waals surface area (Å²) < 4.78 is 2.02. The van der Waals surface area contributed by atoms with E-state index in [2.05, 4.69) is 10.6 Å². The summed E-state index contributed by atoms with van der Waals surface area (Å²) in [5.74, 6) is -1.01. The summed E-state index contributed by atoms with van der Waals surface area (Å²) in [6, 6.07) is 16.0. The van der Waals surface area contributed by atoms with E-state index in [1.165, 1.54) is 0 Å². The zero-order valence-corrected chi connectivity index (χ0v) is 19.2. The molecule has 0 bridgehead atoms. The third kappa shape index (κ3) is 4.68. The van der Waals surface area contributed by atoms with Crippen molar-refractivity contribution in [3.05, 3.63) is 87.8 Å². The van der Waals surface area contributed by atoms with Gasteiger partial charge in [-0.15, -0.1) is 0 Å². The smallest absolute Gasteiger partial charge is 0.325 e. The van der Waals surface area contributed by atoms with E-state index in [0.717, 1.165) is 33.1 Å². The Hall–Kier alpha value is -3.84. The Labute approximate surface area is 196 Å². The molecule has 0 unspecified atom stereocenters. The molecular weight excluding hydrogens is 440 g/mol. The van der Waals surface area contributed by atoms with Crippen LogP contribution in [0.5, 0.6) is 0 Å². The molecule has 1 fully saturated rings. The minimum atomic E-state index is -0.631. The van der Waals surface area contributed by atoms with E-state index in [-0.39, 0.29) is 12.2 Å². The number of carbonyl (C=O) groups is 3. The highest BCUT2D eigenvalue weighted by Crippen LogP contribution is 2.25. The van der Waals surface area contributed by atoms with E-state index >= 15 is 0 Å². The molecule has 1 saturated heterocycles. The summed E-state index contributed by atoms with van der Waals surface area (Å²) in [5.41, 5.74) is 5.30. The second-order valence-corrected chi connectivity index (χ2v) is 8.37. The maximum Gasteiger partial charge on any atom is 0.329 e. The molecule has 1 aliphatic rings. The second kappa shape index (κ2) is 8.96. The van der Waals surface area contributed by atoms with Crippen molar-refractivity contribution in [3.63, 3.8) is 0 Å². The monoisotopic (exact) mass is 462 g/mol. The Morgan fingerprint density at radius 2 is 1.79 bits per heavy atom. The van der Waals surface area contributed by atoms with E-state index in [9.17, 15) is 14.4 Å². The molecule has 4 rings (SSSR count). The minimum Gasteiger partial charge on any atom is -0.325 e. The SMILES string of the molecule is Cc1ccc(NC(=O)CN2C(=O)N/C(=C/c3cc(C)n(-c4cccc(Cl)c4)c3C)C2=O)cc1. The Balaban J connectivity index is 1.53. The number of imide groups is 1.